The molecule has 2 unspecified atom stereocenters. The van der Waals surface area contributed by atoms with Gasteiger partial charge in [-0.1, -0.05) is 30.3 Å². The van der Waals surface area contributed by atoms with Crippen molar-refractivity contribution < 1.29 is 23.9 Å². The fraction of sp³-hybridized carbons (Fsp3) is 0.222. The summed E-state index contributed by atoms with van der Waals surface area (Å²) in [6.45, 7) is 3.47. The Kier molecular flexibility index (Phi) is 7.49. The number of rotatable bonds is 7. The number of thiazole rings is 1. The minimum Gasteiger partial charge on any atom is -0.468 e. The number of allylic oxidation sites excluding steroid dienone is 1. The number of nitrogens with one attached hydrogen (secondary N) is 1. The molecule has 1 aliphatic heterocycles. The van der Waals surface area contributed by atoms with Crippen LogP contribution in [0, 0.1) is 5.92 Å². The van der Waals surface area contributed by atoms with Crippen LogP contribution in [0.25, 0.3) is 11.3 Å². The number of esters is 2. The second kappa shape index (κ2) is 10.8. The van der Waals surface area contributed by atoms with E-state index < -0.39 is 29.7 Å². The van der Waals surface area contributed by atoms with E-state index in [4.69, 9.17) is 15.2 Å². The number of ether oxygens (including phenoxy) is 2. The number of primary amides is 1. The van der Waals surface area contributed by atoms with Gasteiger partial charge in [0, 0.05) is 39.5 Å². The largest absolute Gasteiger partial charge is 0.468 e. The molecule has 2 atom stereocenters. The Morgan fingerprint density at radius 1 is 1.00 bits per heavy atom. The third-order valence-electron chi connectivity index (χ3n) is 6.20. The van der Waals surface area contributed by atoms with Gasteiger partial charge in [-0.15, -0.1) is 11.3 Å². The molecule has 4 rings (SSSR count). The van der Waals surface area contributed by atoms with Gasteiger partial charge in [-0.05, 0) is 37.6 Å². The maximum Gasteiger partial charge on any atom is 0.336 e. The SMILES string of the molecule is COC(=O)C1=C(C)N=C(C)C(C(=O)OC)C1c1ccccc1Nc1nc(-c2ccc(C(N)=O)cc2)cs1. The van der Waals surface area contributed by atoms with Crippen LogP contribution in [0.2, 0.25) is 0 Å². The maximum absolute atomic E-state index is 12.9. The predicted molar refractivity (Wildman–Crippen MR) is 142 cm³/mol. The molecule has 10 heteroatoms. The number of aliphatic imine (C=N–C) groups is 1. The predicted octanol–water partition coefficient (Wildman–Crippen LogP) is 4.45. The van der Waals surface area contributed by atoms with E-state index in [1.165, 1.54) is 25.6 Å². The first-order chi connectivity index (χ1) is 17.7. The van der Waals surface area contributed by atoms with Crippen LogP contribution < -0.4 is 11.1 Å². The van der Waals surface area contributed by atoms with Crippen LogP contribution in [0.3, 0.4) is 0 Å². The fourth-order valence-electron chi connectivity index (χ4n) is 4.45. The standard InChI is InChI=1S/C27H26N4O5S/c1-14-21(25(33)35-3)23(22(15(2)29-14)26(34)36-4)18-7-5-6-8-19(18)30-27-31-20(13-37-27)16-9-11-17(12-10-16)24(28)32/h5-13,21,23H,1-4H3,(H2,28,32)(H,30,31). The topological polar surface area (TPSA) is 133 Å². The maximum atomic E-state index is 12.9. The highest BCUT2D eigenvalue weighted by atomic mass is 32.1. The summed E-state index contributed by atoms with van der Waals surface area (Å²) in [5, 5.41) is 5.84. The number of methoxy groups -OCH3 is 2. The van der Waals surface area contributed by atoms with Crippen LogP contribution in [0.4, 0.5) is 10.8 Å². The van der Waals surface area contributed by atoms with E-state index in [2.05, 4.69) is 15.3 Å². The quantitative estimate of drug-likeness (QED) is 0.442. The van der Waals surface area contributed by atoms with Crippen molar-refractivity contribution in [2.45, 2.75) is 19.8 Å². The summed E-state index contributed by atoms with van der Waals surface area (Å²) in [7, 11) is 2.61. The Balaban J connectivity index is 1.73. The summed E-state index contributed by atoms with van der Waals surface area (Å²) < 4.78 is 10.2. The zero-order valence-electron chi connectivity index (χ0n) is 20.8. The Bertz CT molecular complexity index is 1420. The lowest BCUT2D eigenvalue weighted by Gasteiger charge is -2.32. The van der Waals surface area contributed by atoms with Crippen molar-refractivity contribution in [1.82, 2.24) is 4.98 Å². The van der Waals surface area contributed by atoms with Crippen LogP contribution >= 0.6 is 11.3 Å². The summed E-state index contributed by atoms with van der Waals surface area (Å²) in [6, 6.07) is 14.3. The van der Waals surface area contributed by atoms with Crippen LogP contribution in [0.15, 0.2) is 70.2 Å². The van der Waals surface area contributed by atoms with Crippen LogP contribution in [0.1, 0.15) is 35.7 Å². The second-order valence-electron chi connectivity index (χ2n) is 8.41. The summed E-state index contributed by atoms with van der Waals surface area (Å²) in [6.07, 6.45) is 0. The van der Waals surface area contributed by atoms with Gasteiger partial charge >= 0.3 is 11.9 Å². The van der Waals surface area contributed by atoms with E-state index in [0.29, 0.717) is 38.9 Å². The molecule has 1 aliphatic rings. The lowest BCUT2D eigenvalue weighted by atomic mass is 9.75. The molecule has 1 aromatic heterocycles. The van der Waals surface area contributed by atoms with Crippen LogP contribution in [-0.4, -0.2) is 42.8 Å². The van der Waals surface area contributed by atoms with Gasteiger partial charge in [0.05, 0.1) is 25.5 Å². The summed E-state index contributed by atoms with van der Waals surface area (Å²) in [5.74, 6) is -3.03. The first kappa shape index (κ1) is 25.8. The van der Waals surface area contributed by atoms with Gasteiger partial charge in [0.2, 0.25) is 5.91 Å². The van der Waals surface area contributed by atoms with Crippen molar-refractivity contribution >= 4 is 45.7 Å². The van der Waals surface area contributed by atoms with Crippen molar-refractivity contribution in [1.29, 1.82) is 0 Å². The molecule has 0 aliphatic carbocycles. The minimum absolute atomic E-state index is 0.298. The van der Waals surface area contributed by atoms with E-state index in [0.717, 1.165) is 11.3 Å². The summed E-state index contributed by atoms with van der Waals surface area (Å²) in [4.78, 5) is 46.2. The first-order valence-electron chi connectivity index (χ1n) is 11.4. The molecular weight excluding hydrogens is 492 g/mol. The van der Waals surface area contributed by atoms with E-state index in [1.807, 2.05) is 29.6 Å². The zero-order chi connectivity index (χ0) is 26.7. The number of hydrogen-bond acceptors (Lipinski definition) is 9. The number of anilines is 2. The number of hydrogen-bond donors (Lipinski definition) is 2. The fourth-order valence-corrected chi connectivity index (χ4v) is 5.18. The molecule has 2 heterocycles. The smallest absolute Gasteiger partial charge is 0.336 e. The third-order valence-corrected chi connectivity index (χ3v) is 6.95. The number of carbonyl (C=O) groups is 3. The number of benzene rings is 2. The van der Waals surface area contributed by atoms with E-state index >= 15 is 0 Å². The van der Waals surface area contributed by atoms with E-state index in [9.17, 15) is 14.4 Å². The molecule has 190 valence electrons. The summed E-state index contributed by atoms with van der Waals surface area (Å²) in [5.41, 5.74) is 10.0. The number of amides is 1. The number of nitrogens with zero attached hydrogens (tertiary/aromatic N) is 2. The minimum atomic E-state index is -0.804. The van der Waals surface area contributed by atoms with Crippen molar-refractivity contribution in [3.63, 3.8) is 0 Å². The Morgan fingerprint density at radius 3 is 2.35 bits per heavy atom. The molecule has 2 aromatic carbocycles. The zero-order valence-corrected chi connectivity index (χ0v) is 21.6. The average Bonchev–Trinajstić information content (AvgIpc) is 3.36. The first-order valence-corrected chi connectivity index (χ1v) is 12.3. The normalized spacial score (nSPS) is 17.1. The molecular formula is C27H26N4O5S. The Morgan fingerprint density at radius 2 is 1.70 bits per heavy atom. The molecule has 0 fully saturated rings. The van der Waals surface area contributed by atoms with Crippen molar-refractivity contribution in [2.75, 3.05) is 19.5 Å². The molecule has 0 spiro atoms. The van der Waals surface area contributed by atoms with Crippen molar-refractivity contribution in [3.8, 4) is 11.3 Å². The van der Waals surface area contributed by atoms with Crippen LogP contribution in [0.5, 0.6) is 0 Å². The molecule has 0 radical (unpaired) electrons. The van der Waals surface area contributed by atoms with Gasteiger partial charge in [-0.2, -0.15) is 0 Å². The number of carbonyl (C=O) groups excluding carboxylic acids is 3. The van der Waals surface area contributed by atoms with Gasteiger partial charge in [0.25, 0.3) is 0 Å². The molecule has 9 nitrogen and oxygen atoms in total. The molecule has 0 saturated carbocycles. The number of aromatic nitrogens is 1. The molecule has 0 bridgehead atoms. The van der Waals surface area contributed by atoms with Crippen molar-refractivity contribution in [2.24, 2.45) is 16.6 Å². The highest BCUT2D eigenvalue weighted by Gasteiger charge is 2.43. The second-order valence-corrected chi connectivity index (χ2v) is 9.27. The van der Waals surface area contributed by atoms with Gasteiger partial charge in [-0.3, -0.25) is 14.6 Å². The molecule has 0 saturated heterocycles. The molecule has 37 heavy (non-hydrogen) atoms. The molecule has 3 aromatic rings. The lowest BCUT2D eigenvalue weighted by molar-refractivity contribution is -0.143. The van der Waals surface area contributed by atoms with Gasteiger partial charge < -0.3 is 20.5 Å². The van der Waals surface area contributed by atoms with E-state index in [1.54, 1.807) is 38.1 Å². The van der Waals surface area contributed by atoms with Gasteiger partial charge in [0.15, 0.2) is 5.13 Å². The lowest BCUT2D eigenvalue weighted by Crippen LogP contribution is -2.36. The highest BCUT2D eigenvalue weighted by Crippen LogP contribution is 2.43. The van der Waals surface area contributed by atoms with Gasteiger partial charge in [-0.25, -0.2) is 9.78 Å². The Hall–Kier alpha value is -4.31. The van der Waals surface area contributed by atoms with Crippen molar-refractivity contribution in [3.05, 3.63) is 76.3 Å². The van der Waals surface area contributed by atoms with Gasteiger partial charge in [0.1, 0.15) is 5.92 Å². The van der Waals surface area contributed by atoms with E-state index in [-0.39, 0.29) is 0 Å². The number of nitrogens with two attached hydrogens (primary N) is 1. The number of para-hydroxylation sites is 1. The molecule has 1 amide bonds. The summed E-state index contributed by atoms with van der Waals surface area (Å²) >= 11 is 1.40. The third kappa shape index (κ3) is 5.14. The van der Waals surface area contributed by atoms with Crippen LogP contribution in [-0.2, 0) is 19.1 Å². The monoisotopic (exact) mass is 518 g/mol. The highest BCUT2D eigenvalue weighted by molar-refractivity contribution is 7.14. The average molecular weight is 519 g/mol. The molecule has 3 N–H and O–H groups in total. The Labute approximate surface area is 218 Å².